The van der Waals surface area contributed by atoms with E-state index in [1.54, 1.807) is 6.07 Å². The van der Waals surface area contributed by atoms with Gasteiger partial charge in [-0.25, -0.2) is 0 Å². The van der Waals surface area contributed by atoms with E-state index in [2.05, 4.69) is 0 Å². The normalized spacial score (nSPS) is 28.8. The highest BCUT2D eigenvalue weighted by Gasteiger charge is 2.42. The Morgan fingerprint density at radius 3 is 2.30 bits per heavy atom. The lowest BCUT2D eigenvalue weighted by Gasteiger charge is -2.38. The van der Waals surface area contributed by atoms with E-state index in [0.29, 0.717) is 23.6 Å². The van der Waals surface area contributed by atoms with E-state index in [9.17, 15) is 15.2 Å². The molecule has 3 rings (SSSR count). The largest absolute Gasteiger partial charge is 0.393 e. The molecule has 20 heavy (non-hydrogen) atoms. The molecular formula is C13H14Cl2N2O3. The Hall–Kier alpha value is -1.04. The molecule has 2 heterocycles. The number of nitrogens with zero attached hydrogens (tertiary/aromatic N) is 2. The molecule has 5 nitrogen and oxygen atoms in total. The third-order valence-corrected chi connectivity index (χ3v) is 4.92. The first kappa shape index (κ1) is 13.9. The van der Waals surface area contributed by atoms with Crippen LogP contribution >= 0.6 is 23.2 Å². The fourth-order valence-electron chi connectivity index (χ4n) is 3.42. The molecule has 0 radical (unpaired) electrons. The molecule has 2 aliphatic heterocycles. The van der Waals surface area contributed by atoms with Crippen LogP contribution in [0.5, 0.6) is 0 Å². The molecule has 0 aliphatic carbocycles. The lowest BCUT2D eigenvalue weighted by Crippen LogP contribution is -2.45. The van der Waals surface area contributed by atoms with Crippen LogP contribution in [0.4, 0.5) is 11.4 Å². The molecule has 0 saturated carbocycles. The number of anilines is 1. The van der Waals surface area contributed by atoms with Crippen LogP contribution in [0.25, 0.3) is 0 Å². The van der Waals surface area contributed by atoms with E-state index in [1.165, 1.54) is 6.07 Å². The maximum absolute atomic E-state index is 11.3. The summed E-state index contributed by atoms with van der Waals surface area (Å²) >= 11 is 11.9. The summed E-state index contributed by atoms with van der Waals surface area (Å²) in [7, 11) is 0. The van der Waals surface area contributed by atoms with Crippen molar-refractivity contribution in [3.63, 3.8) is 0 Å². The number of nitro groups is 1. The van der Waals surface area contributed by atoms with Gasteiger partial charge in [0.1, 0.15) is 5.69 Å². The zero-order chi connectivity index (χ0) is 14.4. The number of nitro benzene ring substituents is 1. The molecule has 1 aromatic rings. The Bertz CT molecular complexity index is 553. The number of rotatable bonds is 2. The van der Waals surface area contributed by atoms with Gasteiger partial charge in [0.25, 0.3) is 5.69 Å². The maximum Gasteiger partial charge on any atom is 0.294 e. The maximum atomic E-state index is 11.3. The van der Waals surface area contributed by atoms with Gasteiger partial charge in [-0.05, 0) is 31.7 Å². The van der Waals surface area contributed by atoms with Gasteiger partial charge in [-0.2, -0.15) is 0 Å². The first-order valence-corrected chi connectivity index (χ1v) is 7.33. The van der Waals surface area contributed by atoms with Gasteiger partial charge in [0.2, 0.25) is 0 Å². The fraction of sp³-hybridized carbons (Fsp3) is 0.538. The van der Waals surface area contributed by atoms with Crippen molar-refractivity contribution in [3.05, 3.63) is 32.3 Å². The Morgan fingerprint density at radius 1 is 1.20 bits per heavy atom. The minimum atomic E-state index is -0.429. The third kappa shape index (κ3) is 2.24. The zero-order valence-corrected chi connectivity index (χ0v) is 12.1. The quantitative estimate of drug-likeness (QED) is 0.670. The molecule has 1 aromatic carbocycles. The smallest absolute Gasteiger partial charge is 0.294 e. The molecule has 2 fully saturated rings. The topological polar surface area (TPSA) is 66.6 Å². The minimum Gasteiger partial charge on any atom is -0.393 e. The van der Waals surface area contributed by atoms with E-state index in [0.717, 1.165) is 12.8 Å². The molecule has 0 spiro atoms. The molecule has 0 amide bonds. The van der Waals surface area contributed by atoms with Gasteiger partial charge >= 0.3 is 0 Å². The van der Waals surface area contributed by atoms with Crippen molar-refractivity contribution in [1.29, 1.82) is 0 Å². The summed E-state index contributed by atoms with van der Waals surface area (Å²) in [5.41, 5.74) is 0.497. The van der Waals surface area contributed by atoms with Crippen LogP contribution in [0.1, 0.15) is 25.7 Å². The fourth-order valence-corrected chi connectivity index (χ4v) is 3.74. The summed E-state index contributed by atoms with van der Waals surface area (Å²) in [6, 6.07) is 3.16. The highest BCUT2D eigenvalue weighted by molar-refractivity contribution is 6.42. The number of aliphatic hydroxyl groups excluding tert-OH is 1. The highest BCUT2D eigenvalue weighted by atomic mass is 35.5. The number of benzene rings is 1. The van der Waals surface area contributed by atoms with Crippen LogP contribution in [0.2, 0.25) is 10.0 Å². The van der Waals surface area contributed by atoms with E-state index < -0.39 is 4.92 Å². The van der Waals surface area contributed by atoms with Gasteiger partial charge in [0.05, 0.1) is 21.1 Å². The zero-order valence-electron chi connectivity index (χ0n) is 10.6. The number of hydrogen-bond donors (Lipinski definition) is 1. The molecule has 7 heteroatoms. The summed E-state index contributed by atoms with van der Waals surface area (Å²) in [6.45, 7) is 0. The Kier molecular flexibility index (Phi) is 3.52. The summed E-state index contributed by atoms with van der Waals surface area (Å²) in [5, 5.41) is 21.6. The number of halogens is 2. The van der Waals surface area contributed by atoms with Crippen molar-refractivity contribution in [2.75, 3.05) is 4.90 Å². The molecule has 0 aromatic heterocycles. The van der Waals surface area contributed by atoms with E-state index in [-0.39, 0.29) is 28.9 Å². The van der Waals surface area contributed by atoms with Crippen molar-refractivity contribution in [3.8, 4) is 0 Å². The average molecular weight is 317 g/mol. The predicted molar refractivity (Wildman–Crippen MR) is 77.6 cm³/mol. The summed E-state index contributed by atoms with van der Waals surface area (Å²) < 4.78 is 0. The van der Waals surface area contributed by atoms with Crippen molar-refractivity contribution in [2.24, 2.45) is 0 Å². The molecule has 2 atom stereocenters. The van der Waals surface area contributed by atoms with Crippen LogP contribution in [-0.4, -0.2) is 28.2 Å². The summed E-state index contributed by atoms with van der Waals surface area (Å²) in [4.78, 5) is 12.9. The van der Waals surface area contributed by atoms with Gasteiger partial charge in [0.15, 0.2) is 0 Å². The Morgan fingerprint density at radius 2 is 1.75 bits per heavy atom. The molecule has 2 aliphatic rings. The van der Waals surface area contributed by atoms with Crippen molar-refractivity contribution in [1.82, 2.24) is 0 Å². The highest BCUT2D eigenvalue weighted by Crippen LogP contribution is 2.45. The molecule has 2 unspecified atom stereocenters. The van der Waals surface area contributed by atoms with Crippen LogP contribution < -0.4 is 4.90 Å². The van der Waals surface area contributed by atoms with Gasteiger partial charge in [0, 0.05) is 18.2 Å². The number of aliphatic hydroxyl groups is 1. The molecular weight excluding hydrogens is 303 g/mol. The summed E-state index contributed by atoms with van der Waals surface area (Å²) in [6.07, 6.45) is 2.87. The average Bonchev–Trinajstić information content (AvgIpc) is 2.64. The van der Waals surface area contributed by atoms with Gasteiger partial charge in [-0.1, -0.05) is 23.2 Å². The first-order chi connectivity index (χ1) is 9.47. The number of piperidine rings is 1. The van der Waals surface area contributed by atoms with Crippen molar-refractivity contribution in [2.45, 2.75) is 43.9 Å². The second-order valence-electron chi connectivity index (χ2n) is 5.43. The second kappa shape index (κ2) is 5.06. The van der Waals surface area contributed by atoms with Crippen LogP contribution in [-0.2, 0) is 0 Å². The van der Waals surface area contributed by atoms with Crippen LogP contribution in [0.3, 0.4) is 0 Å². The third-order valence-electron chi connectivity index (χ3n) is 4.20. The Balaban J connectivity index is 2.06. The number of fused-ring (bicyclic) bond motifs is 2. The van der Waals surface area contributed by atoms with Gasteiger partial charge in [-0.15, -0.1) is 0 Å². The molecule has 2 bridgehead atoms. The molecule has 2 saturated heterocycles. The van der Waals surface area contributed by atoms with E-state index in [4.69, 9.17) is 23.2 Å². The van der Waals surface area contributed by atoms with Gasteiger partial charge in [-0.3, -0.25) is 10.1 Å². The van der Waals surface area contributed by atoms with E-state index >= 15 is 0 Å². The molecule has 108 valence electrons. The second-order valence-corrected chi connectivity index (χ2v) is 6.24. The lowest BCUT2D eigenvalue weighted by atomic mass is 9.98. The summed E-state index contributed by atoms with van der Waals surface area (Å²) in [5.74, 6) is 0. The van der Waals surface area contributed by atoms with Gasteiger partial charge < -0.3 is 10.0 Å². The van der Waals surface area contributed by atoms with Crippen LogP contribution in [0, 0.1) is 10.1 Å². The first-order valence-electron chi connectivity index (χ1n) is 6.57. The lowest BCUT2D eigenvalue weighted by molar-refractivity contribution is -0.384. The van der Waals surface area contributed by atoms with E-state index in [1.807, 2.05) is 4.90 Å². The number of hydrogen-bond acceptors (Lipinski definition) is 4. The SMILES string of the molecule is O=[N+]([O-])c1cc(Cl)c(Cl)cc1N1C2CCC1CC(O)C2. The van der Waals surface area contributed by atoms with Crippen molar-refractivity contribution < 1.29 is 10.0 Å². The van der Waals surface area contributed by atoms with Crippen molar-refractivity contribution >= 4 is 34.6 Å². The predicted octanol–water partition coefficient (Wildman–Crippen LogP) is 3.39. The molecule has 1 N–H and O–H groups in total. The standard InChI is InChI=1S/C13H14Cl2N2O3/c14-10-5-12(13(17(19)20)6-11(10)15)16-7-1-2-8(16)4-9(18)3-7/h5-9,18H,1-4H2. The Labute approximate surface area is 126 Å². The monoisotopic (exact) mass is 316 g/mol. The minimum absolute atomic E-state index is 0.0207. The van der Waals surface area contributed by atoms with Crippen LogP contribution in [0.15, 0.2) is 12.1 Å².